The smallest absolute Gasteiger partial charge is 0.243 e. The molecule has 2 heterocycles. The van der Waals surface area contributed by atoms with E-state index in [1.807, 2.05) is 0 Å². The van der Waals surface area contributed by atoms with Crippen molar-refractivity contribution in [3.63, 3.8) is 0 Å². The minimum atomic E-state index is -3.65. The van der Waals surface area contributed by atoms with Crippen LogP contribution < -0.4 is 14.2 Å². The summed E-state index contributed by atoms with van der Waals surface area (Å²) in [6, 6.07) is 9.62. The van der Waals surface area contributed by atoms with Crippen LogP contribution in [0.1, 0.15) is 24.7 Å². The summed E-state index contributed by atoms with van der Waals surface area (Å²) in [4.78, 5) is 4.75. The van der Waals surface area contributed by atoms with Gasteiger partial charge in [-0.15, -0.1) is 0 Å². The van der Waals surface area contributed by atoms with Crippen LogP contribution in [0, 0.1) is 0 Å². The lowest BCUT2D eigenvalue weighted by Crippen LogP contribution is -2.39. The Morgan fingerprint density at radius 3 is 2.33 bits per heavy atom. The summed E-state index contributed by atoms with van der Waals surface area (Å²) in [6.07, 6.45) is 1.42. The summed E-state index contributed by atoms with van der Waals surface area (Å²) in [6.45, 7) is 0.678. The molecule has 1 fully saturated rings. The second kappa shape index (κ2) is 9.58. The molecular formula is C22H24ClN3O6S. The molecule has 1 aliphatic heterocycles. The van der Waals surface area contributed by atoms with E-state index in [-0.39, 0.29) is 17.4 Å². The van der Waals surface area contributed by atoms with Crippen molar-refractivity contribution in [3.05, 3.63) is 47.3 Å². The maximum absolute atomic E-state index is 13.1. The van der Waals surface area contributed by atoms with Crippen LogP contribution in [0.5, 0.6) is 17.2 Å². The molecule has 11 heteroatoms. The van der Waals surface area contributed by atoms with E-state index in [9.17, 15) is 8.42 Å². The number of ether oxygens (including phenoxy) is 3. The van der Waals surface area contributed by atoms with E-state index in [0.29, 0.717) is 52.5 Å². The Bertz CT molecular complexity index is 1200. The molecule has 1 saturated heterocycles. The van der Waals surface area contributed by atoms with Crippen LogP contribution in [0.4, 0.5) is 0 Å². The van der Waals surface area contributed by atoms with Gasteiger partial charge in [0.05, 0.1) is 32.1 Å². The number of sulfonamides is 1. The average molecular weight is 494 g/mol. The number of hydrogen-bond donors (Lipinski definition) is 0. The SMILES string of the molecule is COc1cc(-c2noc([C@@H]3CCCN(S(=O)(=O)c4ccc(Cl)cc4)C3)n2)cc(OC)c1OC. The fourth-order valence-corrected chi connectivity index (χ4v) is 5.50. The maximum atomic E-state index is 13.1. The third-order valence-corrected chi connectivity index (χ3v) is 7.68. The van der Waals surface area contributed by atoms with Crippen molar-refractivity contribution in [2.24, 2.45) is 0 Å². The normalized spacial score (nSPS) is 17.0. The standard InChI is InChI=1S/C22H24ClN3O6S/c1-29-18-11-15(12-19(30-2)20(18)31-3)21-24-22(32-25-21)14-5-4-10-26(13-14)33(27,28)17-8-6-16(23)7-9-17/h6-9,11-12,14H,4-5,10,13H2,1-3H3/t14-/m1/s1. The first-order valence-corrected chi connectivity index (χ1v) is 12.1. The van der Waals surface area contributed by atoms with E-state index in [1.165, 1.54) is 37.8 Å². The van der Waals surface area contributed by atoms with E-state index in [0.717, 1.165) is 6.42 Å². The number of nitrogens with zero attached hydrogens (tertiary/aromatic N) is 3. The minimum absolute atomic E-state index is 0.205. The molecule has 0 unspecified atom stereocenters. The first-order chi connectivity index (χ1) is 15.9. The summed E-state index contributed by atoms with van der Waals surface area (Å²) in [5.41, 5.74) is 0.626. The molecule has 1 aromatic heterocycles. The highest BCUT2D eigenvalue weighted by atomic mass is 35.5. The molecule has 9 nitrogen and oxygen atoms in total. The average Bonchev–Trinajstić information content (AvgIpc) is 3.34. The summed E-state index contributed by atoms with van der Waals surface area (Å²) >= 11 is 5.90. The van der Waals surface area contributed by atoms with Gasteiger partial charge in [-0.05, 0) is 49.2 Å². The zero-order valence-electron chi connectivity index (χ0n) is 18.4. The second-order valence-electron chi connectivity index (χ2n) is 7.53. The maximum Gasteiger partial charge on any atom is 0.243 e. The number of methoxy groups -OCH3 is 3. The fourth-order valence-electron chi connectivity index (χ4n) is 3.85. The number of rotatable bonds is 7. The molecule has 3 aromatic rings. The molecule has 0 N–H and O–H groups in total. The molecular weight excluding hydrogens is 470 g/mol. The van der Waals surface area contributed by atoms with Gasteiger partial charge in [0.25, 0.3) is 0 Å². The molecule has 0 bridgehead atoms. The second-order valence-corrected chi connectivity index (χ2v) is 9.90. The molecule has 0 radical (unpaired) electrons. The van der Waals surface area contributed by atoms with Crippen LogP contribution in [0.3, 0.4) is 0 Å². The highest BCUT2D eigenvalue weighted by Crippen LogP contribution is 2.41. The lowest BCUT2D eigenvalue weighted by Gasteiger charge is -2.30. The third kappa shape index (κ3) is 4.64. The van der Waals surface area contributed by atoms with E-state index in [2.05, 4.69) is 10.1 Å². The van der Waals surface area contributed by atoms with Gasteiger partial charge in [0.15, 0.2) is 11.5 Å². The van der Waals surface area contributed by atoms with Crippen molar-refractivity contribution >= 4 is 21.6 Å². The molecule has 0 spiro atoms. The van der Waals surface area contributed by atoms with Crippen molar-refractivity contribution in [1.82, 2.24) is 14.4 Å². The Kier molecular flexibility index (Phi) is 6.78. The van der Waals surface area contributed by atoms with E-state index in [4.69, 9.17) is 30.3 Å². The van der Waals surface area contributed by atoms with Crippen LogP contribution in [-0.2, 0) is 10.0 Å². The Labute approximate surface area is 197 Å². The quantitative estimate of drug-likeness (QED) is 0.486. The summed E-state index contributed by atoms with van der Waals surface area (Å²) in [5.74, 6) is 1.91. The highest BCUT2D eigenvalue weighted by Gasteiger charge is 2.33. The minimum Gasteiger partial charge on any atom is -0.493 e. The van der Waals surface area contributed by atoms with Crippen LogP contribution in [0.15, 0.2) is 45.8 Å². The topological polar surface area (TPSA) is 104 Å². The summed E-state index contributed by atoms with van der Waals surface area (Å²) < 4.78 is 49.3. The molecule has 1 atom stereocenters. The van der Waals surface area contributed by atoms with Gasteiger partial charge in [0.1, 0.15) is 0 Å². The Morgan fingerprint density at radius 2 is 1.73 bits per heavy atom. The van der Waals surface area contributed by atoms with Crippen molar-refractivity contribution in [1.29, 1.82) is 0 Å². The molecule has 0 amide bonds. The zero-order valence-corrected chi connectivity index (χ0v) is 20.0. The monoisotopic (exact) mass is 493 g/mol. The largest absolute Gasteiger partial charge is 0.493 e. The van der Waals surface area contributed by atoms with Crippen molar-refractivity contribution < 1.29 is 27.2 Å². The highest BCUT2D eigenvalue weighted by molar-refractivity contribution is 7.89. The fraction of sp³-hybridized carbons (Fsp3) is 0.364. The van der Waals surface area contributed by atoms with Gasteiger partial charge in [-0.2, -0.15) is 9.29 Å². The van der Waals surface area contributed by atoms with Gasteiger partial charge in [-0.25, -0.2) is 8.42 Å². The molecule has 176 valence electrons. The predicted molar refractivity (Wildman–Crippen MR) is 122 cm³/mol. The van der Waals surface area contributed by atoms with Gasteiger partial charge < -0.3 is 18.7 Å². The zero-order chi connectivity index (χ0) is 23.6. The Balaban J connectivity index is 1.58. The number of halogens is 1. The number of hydrogen-bond acceptors (Lipinski definition) is 8. The van der Waals surface area contributed by atoms with Gasteiger partial charge in [0, 0.05) is 23.7 Å². The van der Waals surface area contributed by atoms with Crippen molar-refractivity contribution in [2.75, 3.05) is 34.4 Å². The molecule has 4 rings (SSSR count). The molecule has 0 saturated carbocycles. The van der Waals surface area contributed by atoms with Crippen molar-refractivity contribution in [3.8, 4) is 28.6 Å². The van der Waals surface area contributed by atoms with E-state index >= 15 is 0 Å². The van der Waals surface area contributed by atoms with Crippen LogP contribution in [0.25, 0.3) is 11.4 Å². The molecule has 1 aliphatic rings. The van der Waals surface area contributed by atoms with Gasteiger partial charge in [-0.1, -0.05) is 16.8 Å². The lowest BCUT2D eigenvalue weighted by molar-refractivity contribution is 0.265. The summed E-state index contributed by atoms with van der Waals surface area (Å²) in [5, 5.41) is 4.58. The van der Waals surface area contributed by atoms with Crippen LogP contribution >= 0.6 is 11.6 Å². The van der Waals surface area contributed by atoms with Crippen LogP contribution in [0.2, 0.25) is 5.02 Å². The first kappa shape index (κ1) is 23.3. The number of piperidine rings is 1. The van der Waals surface area contributed by atoms with Crippen LogP contribution in [-0.4, -0.2) is 57.3 Å². The third-order valence-electron chi connectivity index (χ3n) is 5.55. The Morgan fingerprint density at radius 1 is 1.06 bits per heavy atom. The van der Waals surface area contributed by atoms with E-state index in [1.54, 1.807) is 24.3 Å². The van der Waals surface area contributed by atoms with Crippen molar-refractivity contribution in [2.45, 2.75) is 23.7 Å². The van der Waals surface area contributed by atoms with Gasteiger partial charge >= 0.3 is 0 Å². The molecule has 0 aliphatic carbocycles. The molecule has 33 heavy (non-hydrogen) atoms. The van der Waals surface area contributed by atoms with Gasteiger partial charge in [-0.3, -0.25) is 0 Å². The lowest BCUT2D eigenvalue weighted by atomic mass is 10.00. The predicted octanol–water partition coefficient (Wildman–Crippen LogP) is 3.98. The number of benzene rings is 2. The summed E-state index contributed by atoms with van der Waals surface area (Å²) in [7, 11) is 0.931. The molecule has 2 aromatic carbocycles. The Hall–Kier alpha value is -2.82. The van der Waals surface area contributed by atoms with E-state index < -0.39 is 10.0 Å². The number of aromatic nitrogens is 2. The van der Waals surface area contributed by atoms with Gasteiger partial charge in [0.2, 0.25) is 27.5 Å². The first-order valence-electron chi connectivity index (χ1n) is 10.3.